The highest BCUT2D eigenvalue weighted by Gasteiger charge is 2.20. The van der Waals surface area contributed by atoms with Crippen LogP contribution in [0.25, 0.3) is 78.0 Å². The number of fused-ring (bicyclic) bond motifs is 5. The molecule has 3 heteroatoms. The summed E-state index contributed by atoms with van der Waals surface area (Å²) in [5, 5.41) is 0. The summed E-state index contributed by atoms with van der Waals surface area (Å²) in [6.45, 7) is -2.28. The van der Waals surface area contributed by atoms with Gasteiger partial charge >= 0.3 is 0 Å². The lowest BCUT2D eigenvalue weighted by molar-refractivity contribution is 1.11. The zero-order valence-corrected chi connectivity index (χ0v) is 25.5. The van der Waals surface area contributed by atoms with Gasteiger partial charge in [-0.3, -0.25) is 8.97 Å². The third-order valence-corrected chi connectivity index (χ3v) is 9.06. The van der Waals surface area contributed by atoms with Gasteiger partial charge in [0.05, 0.1) is 22.1 Å². The van der Waals surface area contributed by atoms with Crippen molar-refractivity contribution in [1.29, 1.82) is 0 Å². The first kappa shape index (κ1) is 24.1. The van der Waals surface area contributed by atoms with Gasteiger partial charge in [-0.15, -0.1) is 0 Å². The van der Waals surface area contributed by atoms with E-state index in [0.717, 1.165) is 61.2 Å². The van der Waals surface area contributed by atoms with Crippen molar-refractivity contribution < 1.29 is 4.11 Å². The smallest absolute Gasteiger partial charge is 0.220 e. The van der Waals surface area contributed by atoms with Crippen LogP contribution in [0.2, 0.25) is 0 Å². The summed E-state index contributed by atoms with van der Waals surface area (Å²) in [7, 11) is 0. The fourth-order valence-electron chi connectivity index (χ4n) is 6.90. The van der Waals surface area contributed by atoms with Crippen molar-refractivity contribution in [3.05, 3.63) is 175 Å². The van der Waals surface area contributed by atoms with Gasteiger partial charge in [-0.2, -0.15) is 0 Å². The third-order valence-electron chi connectivity index (χ3n) is 9.06. The summed E-state index contributed by atoms with van der Waals surface area (Å²) in [4.78, 5) is 5.03. The Kier molecular flexibility index (Phi) is 5.64. The molecule has 0 aliphatic heterocycles. The molecule has 0 saturated heterocycles. The van der Waals surface area contributed by atoms with E-state index in [0.29, 0.717) is 11.3 Å². The van der Waals surface area contributed by atoms with Gasteiger partial charge in [-0.1, -0.05) is 127 Å². The summed E-state index contributed by atoms with van der Waals surface area (Å²) in [6, 6.07) is 58.5. The van der Waals surface area contributed by atoms with E-state index in [2.05, 4.69) is 148 Å². The first-order valence-electron chi connectivity index (χ1n) is 17.3. The zero-order valence-electron chi connectivity index (χ0n) is 28.5. The Hall–Kier alpha value is -6.19. The van der Waals surface area contributed by atoms with Crippen molar-refractivity contribution in [3.63, 3.8) is 0 Å². The second-order valence-electron chi connectivity index (χ2n) is 11.8. The van der Waals surface area contributed by atoms with Crippen LogP contribution < -0.4 is 0 Å². The summed E-state index contributed by atoms with van der Waals surface area (Å²) in [5.74, 6) is 0.669. The molecule has 0 radical (unpaired) electrons. The lowest BCUT2D eigenvalue weighted by atomic mass is 9.85. The van der Waals surface area contributed by atoms with E-state index in [-0.39, 0.29) is 5.56 Å². The maximum atomic E-state index is 8.20. The Labute approximate surface area is 277 Å². The highest BCUT2D eigenvalue weighted by molar-refractivity contribution is 5.96. The Morgan fingerprint density at radius 1 is 0.447 bits per heavy atom. The van der Waals surface area contributed by atoms with Crippen LogP contribution in [0.4, 0.5) is 0 Å². The van der Waals surface area contributed by atoms with E-state index in [1.807, 2.05) is 18.2 Å². The SMILES string of the molecule is [2H]C([2H])([2H])c1cccc2c1nc1n(-c3cccc(-c4cc(-c5ccccc5)c(-c5ccccc5)cc4-c4ccccc4)c3)c3ccccc3n21. The van der Waals surface area contributed by atoms with Crippen LogP contribution in [-0.4, -0.2) is 14.0 Å². The molecule has 0 amide bonds. The molecular formula is C44H31N3. The fraction of sp³-hybridized carbons (Fsp3) is 0.0227. The van der Waals surface area contributed by atoms with Crippen molar-refractivity contribution in [2.24, 2.45) is 0 Å². The first-order valence-corrected chi connectivity index (χ1v) is 15.8. The molecule has 0 N–H and O–H groups in total. The van der Waals surface area contributed by atoms with Crippen LogP contribution in [-0.2, 0) is 0 Å². The molecule has 2 heterocycles. The van der Waals surface area contributed by atoms with Gasteiger partial charge < -0.3 is 0 Å². The number of aryl methyl sites for hydroxylation is 1. The van der Waals surface area contributed by atoms with Gasteiger partial charge in [0.1, 0.15) is 0 Å². The lowest BCUT2D eigenvalue weighted by Gasteiger charge is -2.19. The number of rotatable bonds is 5. The molecular weight excluding hydrogens is 571 g/mol. The van der Waals surface area contributed by atoms with Crippen molar-refractivity contribution in [3.8, 4) is 50.2 Å². The normalized spacial score (nSPS) is 12.7. The van der Waals surface area contributed by atoms with E-state index in [4.69, 9.17) is 9.10 Å². The van der Waals surface area contributed by atoms with Crippen LogP contribution in [0.15, 0.2) is 170 Å². The van der Waals surface area contributed by atoms with E-state index < -0.39 is 6.85 Å². The number of nitrogens with zero attached hydrogens (tertiary/aromatic N) is 3. The molecule has 0 unspecified atom stereocenters. The molecule has 0 bridgehead atoms. The predicted molar refractivity (Wildman–Crippen MR) is 196 cm³/mol. The molecule has 0 aliphatic carbocycles. The molecule has 222 valence electrons. The molecule has 0 saturated carbocycles. The number of imidazole rings is 2. The molecule has 3 nitrogen and oxygen atoms in total. The average molecular weight is 605 g/mol. The van der Waals surface area contributed by atoms with Crippen molar-refractivity contribution in [1.82, 2.24) is 14.0 Å². The topological polar surface area (TPSA) is 22.2 Å². The largest absolute Gasteiger partial charge is 0.278 e. The number of hydrogen-bond acceptors (Lipinski definition) is 1. The quantitative estimate of drug-likeness (QED) is 0.192. The van der Waals surface area contributed by atoms with E-state index in [9.17, 15) is 0 Å². The minimum Gasteiger partial charge on any atom is -0.278 e. The Bertz CT molecular complexity index is 2670. The third kappa shape index (κ3) is 4.47. The minimum absolute atomic E-state index is 0.252. The second-order valence-corrected chi connectivity index (χ2v) is 11.8. The maximum absolute atomic E-state index is 8.20. The Morgan fingerprint density at radius 3 is 1.53 bits per heavy atom. The predicted octanol–water partition coefficient (Wildman–Crippen LogP) is 11.4. The summed E-state index contributed by atoms with van der Waals surface area (Å²) >= 11 is 0. The monoisotopic (exact) mass is 604 g/mol. The fourth-order valence-corrected chi connectivity index (χ4v) is 6.90. The Morgan fingerprint density at radius 2 is 0.936 bits per heavy atom. The molecule has 9 aromatic rings. The summed E-state index contributed by atoms with van der Waals surface area (Å²) < 4.78 is 28.8. The van der Waals surface area contributed by atoms with E-state index in [1.165, 1.54) is 5.56 Å². The van der Waals surface area contributed by atoms with Gasteiger partial charge in [0.15, 0.2) is 0 Å². The minimum atomic E-state index is -2.28. The average Bonchev–Trinajstić information content (AvgIpc) is 3.70. The lowest BCUT2D eigenvalue weighted by Crippen LogP contribution is -1.97. The highest BCUT2D eigenvalue weighted by atomic mass is 15.2. The van der Waals surface area contributed by atoms with Crippen LogP contribution in [0, 0.1) is 6.85 Å². The van der Waals surface area contributed by atoms with Gasteiger partial charge in [0.2, 0.25) is 5.78 Å². The van der Waals surface area contributed by atoms with Crippen molar-refractivity contribution in [2.45, 2.75) is 6.85 Å². The molecule has 2 aromatic heterocycles. The van der Waals surface area contributed by atoms with Gasteiger partial charge in [0.25, 0.3) is 0 Å². The molecule has 0 spiro atoms. The van der Waals surface area contributed by atoms with Crippen LogP contribution in [0.5, 0.6) is 0 Å². The number of aromatic nitrogens is 3. The summed E-state index contributed by atoms with van der Waals surface area (Å²) in [5.41, 5.74) is 13.5. The molecule has 9 rings (SSSR count). The summed E-state index contributed by atoms with van der Waals surface area (Å²) in [6.07, 6.45) is 0. The first-order chi connectivity index (χ1) is 24.5. The van der Waals surface area contributed by atoms with Gasteiger partial charge in [-0.05, 0) is 99.4 Å². The highest BCUT2D eigenvalue weighted by Crippen LogP contribution is 2.43. The van der Waals surface area contributed by atoms with Crippen molar-refractivity contribution in [2.75, 3.05) is 0 Å². The number of hydrogen-bond donors (Lipinski definition) is 0. The standard InChI is InChI=1S/C44H31N3/c1-30-15-13-26-42-43(30)45-44-46(40-24-11-12-25-41(40)47(42)44)35-23-14-22-34(27-35)39-29-37(32-18-7-3-8-19-32)36(31-16-5-2-6-17-31)28-38(39)33-20-9-4-10-21-33/h2-29H,1H3/i1D3. The number of para-hydroxylation sites is 3. The van der Waals surface area contributed by atoms with E-state index in [1.54, 1.807) is 12.1 Å². The molecule has 7 aromatic carbocycles. The van der Waals surface area contributed by atoms with Gasteiger partial charge in [-0.25, -0.2) is 4.98 Å². The maximum Gasteiger partial charge on any atom is 0.220 e. The molecule has 0 fully saturated rings. The van der Waals surface area contributed by atoms with E-state index >= 15 is 0 Å². The number of benzene rings is 7. The molecule has 47 heavy (non-hydrogen) atoms. The molecule has 0 atom stereocenters. The van der Waals surface area contributed by atoms with Crippen LogP contribution in [0.1, 0.15) is 9.68 Å². The van der Waals surface area contributed by atoms with Crippen molar-refractivity contribution >= 4 is 27.8 Å². The van der Waals surface area contributed by atoms with Gasteiger partial charge in [0, 0.05) is 9.80 Å². The van der Waals surface area contributed by atoms with Crippen LogP contribution >= 0.6 is 0 Å². The molecule has 0 aliphatic rings. The Balaban J connectivity index is 1.32. The van der Waals surface area contributed by atoms with Crippen LogP contribution in [0.3, 0.4) is 0 Å². The zero-order chi connectivity index (χ0) is 33.8. The second kappa shape index (κ2) is 11.0.